The molecule has 3 heteroatoms. The second kappa shape index (κ2) is 4.48. The van der Waals surface area contributed by atoms with Crippen molar-refractivity contribution >= 4 is 11.6 Å². The van der Waals surface area contributed by atoms with E-state index in [9.17, 15) is 4.79 Å². The summed E-state index contributed by atoms with van der Waals surface area (Å²) < 4.78 is 0. The summed E-state index contributed by atoms with van der Waals surface area (Å²) in [5.41, 5.74) is 8.69. The summed E-state index contributed by atoms with van der Waals surface area (Å²) in [5, 5.41) is 0. The SMILES string of the molecule is C[C@@]12CCCC[C@@H]1c1ccccc1C(CC(N)=O)=N2. The number of hydrogen-bond acceptors (Lipinski definition) is 2. The molecule has 2 atom stereocenters. The standard InChI is InChI=1S/C16H20N2O/c1-16-9-5-4-8-13(16)11-6-2-3-7-12(11)14(18-16)10-15(17)19/h2-3,6-7,13H,4-5,8-10H2,1H3,(H2,17,19)/t13-,16-/m1/s1. The van der Waals surface area contributed by atoms with Crippen molar-refractivity contribution in [3.8, 4) is 0 Å². The molecule has 0 spiro atoms. The van der Waals surface area contributed by atoms with E-state index in [0.29, 0.717) is 5.92 Å². The van der Waals surface area contributed by atoms with Crippen LogP contribution in [0.25, 0.3) is 0 Å². The number of nitrogens with zero attached hydrogens (tertiary/aromatic N) is 1. The second-order valence-electron chi connectivity index (χ2n) is 5.94. The maximum atomic E-state index is 11.3. The zero-order chi connectivity index (χ0) is 13.5. The molecule has 1 aromatic carbocycles. The predicted molar refractivity (Wildman–Crippen MR) is 76.4 cm³/mol. The van der Waals surface area contributed by atoms with Crippen molar-refractivity contribution in [2.24, 2.45) is 10.7 Å². The summed E-state index contributed by atoms with van der Waals surface area (Å²) in [6.45, 7) is 2.23. The molecule has 0 unspecified atom stereocenters. The molecule has 0 radical (unpaired) electrons. The van der Waals surface area contributed by atoms with E-state index < -0.39 is 0 Å². The molecule has 2 aliphatic rings. The van der Waals surface area contributed by atoms with Crippen molar-refractivity contribution in [2.75, 3.05) is 0 Å². The second-order valence-corrected chi connectivity index (χ2v) is 5.94. The van der Waals surface area contributed by atoms with Gasteiger partial charge in [0, 0.05) is 5.92 Å². The quantitative estimate of drug-likeness (QED) is 0.869. The lowest BCUT2D eigenvalue weighted by atomic mass is 9.67. The monoisotopic (exact) mass is 256 g/mol. The Morgan fingerprint density at radius 2 is 2.21 bits per heavy atom. The van der Waals surface area contributed by atoms with Gasteiger partial charge in [-0.2, -0.15) is 0 Å². The van der Waals surface area contributed by atoms with Gasteiger partial charge in [-0.15, -0.1) is 0 Å². The van der Waals surface area contributed by atoms with Gasteiger partial charge in [-0.25, -0.2) is 0 Å². The molecular formula is C16H20N2O. The van der Waals surface area contributed by atoms with Crippen molar-refractivity contribution < 1.29 is 4.79 Å². The fraction of sp³-hybridized carbons (Fsp3) is 0.500. The van der Waals surface area contributed by atoms with Crippen LogP contribution in [-0.4, -0.2) is 17.2 Å². The van der Waals surface area contributed by atoms with E-state index in [1.54, 1.807) is 0 Å². The van der Waals surface area contributed by atoms with Gasteiger partial charge in [0.1, 0.15) is 0 Å². The number of primary amides is 1. The van der Waals surface area contributed by atoms with Gasteiger partial charge in [-0.3, -0.25) is 9.79 Å². The van der Waals surface area contributed by atoms with Crippen molar-refractivity contribution in [1.82, 2.24) is 0 Å². The van der Waals surface area contributed by atoms with Gasteiger partial charge in [0.05, 0.1) is 17.7 Å². The molecule has 1 fully saturated rings. The van der Waals surface area contributed by atoms with Gasteiger partial charge >= 0.3 is 0 Å². The first kappa shape index (κ1) is 12.4. The minimum absolute atomic E-state index is 0.0443. The molecule has 0 bridgehead atoms. The van der Waals surface area contributed by atoms with E-state index in [-0.39, 0.29) is 17.9 Å². The molecule has 19 heavy (non-hydrogen) atoms. The Morgan fingerprint density at radius 3 is 3.00 bits per heavy atom. The molecule has 2 N–H and O–H groups in total. The zero-order valence-corrected chi connectivity index (χ0v) is 11.4. The van der Waals surface area contributed by atoms with Crippen LogP contribution in [0.1, 0.15) is 56.1 Å². The lowest BCUT2D eigenvalue weighted by Crippen LogP contribution is -2.40. The van der Waals surface area contributed by atoms with Gasteiger partial charge in [-0.05, 0) is 30.9 Å². The van der Waals surface area contributed by atoms with E-state index >= 15 is 0 Å². The number of amides is 1. The number of hydrogen-bond donors (Lipinski definition) is 1. The van der Waals surface area contributed by atoms with Crippen molar-refractivity contribution in [1.29, 1.82) is 0 Å². The zero-order valence-electron chi connectivity index (χ0n) is 11.4. The van der Waals surface area contributed by atoms with E-state index in [2.05, 4.69) is 25.1 Å². The third-order valence-electron chi connectivity index (χ3n) is 4.56. The number of rotatable bonds is 2. The number of nitrogens with two attached hydrogens (primary N) is 1. The molecule has 100 valence electrons. The number of benzene rings is 1. The van der Waals surface area contributed by atoms with E-state index in [1.807, 2.05) is 6.07 Å². The van der Waals surface area contributed by atoms with E-state index in [4.69, 9.17) is 10.7 Å². The highest BCUT2D eigenvalue weighted by atomic mass is 16.1. The highest BCUT2D eigenvalue weighted by molar-refractivity contribution is 6.11. The van der Waals surface area contributed by atoms with Gasteiger partial charge in [0.25, 0.3) is 0 Å². The van der Waals surface area contributed by atoms with Crippen molar-refractivity contribution in [3.63, 3.8) is 0 Å². The molecule has 1 aliphatic heterocycles. The summed E-state index contributed by atoms with van der Waals surface area (Å²) in [7, 11) is 0. The first-order chi connectivity index (χ1) is 9.10. The summed E-state index contributed by atoms with van der Waals surface area (Å²) in [5.74, 6) is 0.195. The van der Waals surface area contributed by atoms with Crippen LogP contribution in [0.15, 0.2) is 29.3 Å². The first-order valence-corrected chi connectivity index (χ1v) is 7.06. The van der Waals surface area contributed by atoms with Crippen LogP contribution in [-0.2, 0) is 4.79 Å². The van der Waals surface area contributed by atoms with E-state index in [0.717, 1.165) is 17.7 Å². The molecule has 1 aromatic rings. The van der Waals surface area contributed by atoms with Gasteiger partial charge in [-0.1, -0.05) is 37.1 Å². The lowest BCUT2D eigenvalue weighted by molar-refractivity contribution is -0.116. The van der Waals surface area contributed by atoms with Gasteiger partial charge in [0.2, 0.25) is 5.91 Å². The molecule has 0 aromatic heterocycles. The Bertz CT molecular complexity index is 549. The average Bonchev–Trinajstić information content (AvgIpc) is 2.37. The Hall–Kier alpha value is -1.64. The Balaban J connectivity index is 2.11. The van der Waals surface area contributed by atoms with Crippen LogP contribution in [0.4, 0.5) is 0 Å². The van der Waals surface area contributed by atoms with Crippen LogP contribution in [0.3, 0.4) is 0 Å². The number of carbonyl (C=O) groups is 1. The molecule has 1 aliphatic carbocycles. The minimum Gasteiger partial charge on any atom is -0.369 e. The smallest absolute Gasteiger partial charge is 0.223 e. The van der Waals surface area contributed by atoms with Gasteiger partial charge < -0.3 is 5.73 Å². The van der Waals surface area contributed by atoms with Crippen LogP contribution < -0.4 is 5.73 Å². The Kier molecular flexibility index (Phi) is 2.92. The highest BCUT2D eigenvalue weighted by Crippen LogP contribution is 2.47. The topological polar surface area (TPSA) is 55.5 Å². The number of fused-ring (bicyclic) bond motifs is 3. The summed E-state index contributed by atoms with van der Waals surface area (Å²) >= 11 is 0. The van der Waals surface area contributed by atoms with E-state index in [1.165, 1.54) is 24.8 Å². The fourth-order valence-electron chi connectivity index (χ4n) is 3.67. The molecule has 1 heterocycles. The van der Waals surface area contributed by atoms with Gasteiger partial charge in [0.15, 0.2) is 0 Å². The Labute approximate surface area is 113 Å². The lowest BCUT2D eigenvalue weighted by Gasteiger charge is -2.43. The third-order valence-corrected chi connectivity index (χ3v) is 4.56. The van der Waals surface area contributed by atoms with Crippen LogP contribution in [0.5, 0.6) is 0 Å². The maximum Gasteiger partial charge on any atom is 0.223 e. The summed E-state index contributed by atoms with van der Waals surface area (Å²) in [6.07, 6.45) is 5.05. The van der Waals surface area contributed by atoms with Crippen LogP contribution in [0, 0.1) is 0 Å². The minimum atomic E-state index is -0.300. The van der Waals surface area contributed by atoms with Crippen molar-refractivity contribution in [3.05, 3.63) is 35.4 Å². The molecular weight excluding hydrogens is 236 g/mol. The largest absolute Gasteiger partial charge is 0.369 e. The summed E-state index contributed by atoms with van der Waals surface area (Å²) in [4.78, 5) is 16.2. The first-order valence-electron chi connectivity index (χ1n) is 7.06. The highest BCUT2D eigenvalue weighted by Gasteiger charge is 2.41. The molecule has 1 saturated carbocycles. The predicted octanol–water partition coefficient (Wildman–Crippen LogP) is 2.78. The third kappa shape index (κ3) is 2.07. The Morgan fingerprint density at radius 1 is 1.42 bits per heavy atom. The van der Waals surface area contributed by atoms with Crippen LogP contribution in [0.2, 0.25) is 0 Å². The number of carbonyl (C=O) groups excluding carboxylic acids is 1. The maximum absolute atomic E-state index is 11.3. The molecule has 0 saturated heterocycles. The number of aliphatic imine (C=N–C) groups is 1. The molecule has 3 nitrogen and oxygen atoms in total. The molecule has 1 amide bonds. The van der Waals surface area contributed by atoms with Crippen molar-refractivity contribution in [2.45, 2.75) is 50.5 Å². The summed E-state index contributed by atoms with van der Waals surface area (Å²) in [6, 6.07) is 8.37. The normalized spacial score (nSPS) is 29.1. The molecule has 3 rings (SSSR count). The average molecular weight is 256 g/mol. The van der Waals surface area contributed by atoms with Crippen LogP contribution >= 0.6 is 0 Å². The fourth-order valence-corrected chi connectivity index (χ4v) is 3.67.